The van der Waals surface area contributed by atoms with Crippen LogP contribution in [0.15, 0.2) is 78.9 Å². The summed E-state index contributed by atoms with van der Waals surface area (Å²) in [4.78, 5) is 28.2. The van der Waals surface area contributed by atoms with Gasteiger partial charge >= 0.3 is 0 Å². The first-order valence-corrected chi connectivity index (χ1v) is 13.2. The molecule has 1 N–H and O–H groups in total. The Balaban J connectivity index is 1.86. The maximum Gasteiger partial charge on any atom is 0.251 e. The molecule has 1 aromatic heterocycles. The zero-order valence-electron chi connectivity index (χ0n) is 23.1. The summed E-state index contributed by atoms with van der Waals surface area (Å²) in [6, 6.07) is 22.3. The van der Waals surface area contributed by atoms with Crippen molar-refractivity contribution < 1.29 is 14.0 Å². The second-order valence-electron chi connectivity index (χ2n) is 10.0. The third kappa shape index (κ3) is 5.93. The molecular formula is C32H35FN4O2. The van der Waals surface area contributed by atoms with Crippen LogP contribution < -0.4 is 10.2 Å². The highest BCUT2D eigenvalue weighted by atomic mass is 19.1. The summed E-state index contributed by atoms with van der Waals surface area (Å²) in [5.41, 5.74) is 4.60. The summed E-state index contributed by atoms with van der Waals surface area (Å²) in [7, 11) is 1.97. The van der Waals surface area contributed by atoms with Crippen LogP contribution in [0.25, 0.3) is 5.69 Å². The first-order chi connectivity index (χ1) is 18.7. The van der Waals surface area contributed by atoms with Crippen molar-refractivity contribution in [3.63, 3.8) is 0 Å². The monoisotopic (exact) mass is 526 g/mol. The lowest BCUT2D eigenvalue weighted by Gasteiger charge is -2.28. The molecule has 0 saturated carbocycles. The van der Waals surface area contributed by atoms with Gasteiger partial charge in [-0.2, -0.15) is 5.10 Å². The third-order valence-corrected chi connectivity index (χ3v) is 7.08. The number of benzene rings is 3. The van der Waals surface area contributed by atoms with Crippen LogP contribution in [-0.2, 0) is 4.79 Å². The molecule has 0 spiro atoms. The molecule has 0 aliphatic carbocycles. The van der Waals surface area contributed by atoms with Gasteiger partial charge in [-0.15, -0.1) is 0 Å². The maximum absolute atomic E-state index is 14.0. The number of hydrogen-bond acceptors (Lipinski definition) is 4. The highest BCUT2D eigenvalue weighted by molar-refractivity contribution is 5.96. The Hall–Kier alpha value is -4.26. The number of anilines is 1. The van der Waals surface area contributed by atoms with E-state index < -0.39 is 12.0 Å². The van der Waals surface area contributed by atoms with Crippen LogP contribution in [0, 0.1) is 12.7 Å². The number of aldehydes is 1. The van der Waals surface area contributed by atoms with Crippen LogP contribution in [0.5, 0.6) is 0 Å². The lowest BCUT2D eigenvalue weighted by atomic mass is 9.84. The fourth-order valence-corrected chi connectivity index (χ4v) is 4.85. The number of nitrogens with one attached hydrogen (secondary N) is 1. The minimum atomic E-state index is -0.929. The van der Waals surface area contributed by atoms with Gasteiger partial charge in [-0.25, -0.2) is 9.07 Å². The predicted molar refractivity (Wildman–Crippen MR) is 153 cm³/mol. The lowest BCUT2D eigenvalue weighted by Crippen LogP contribution is -2.41. The Kier molecular flexibility index (Phi) is 8.59. The van der Waals surface area contributed by atoms with Gasteiger partial charge in [0.1, 0.15) is 17.9 Å². The van der Waals surface area contributed by atoms with Crippen molar-refractivity contribution in [2.45, 2.75) is 45.6 Å². The molecule has 4 rings (SSSR count). The van der Waals surface area contributed by atoms with E-state index in [-0.39, 0.29) is 17.6 Å². The van der Waals surface area contributed by atoms with Gasteiger partial charge in [0.05, 0.1) is 17.4 Å². The number of para-hydroxylation sites is 1. The number of hydrogen-bond donors (Lipinski definition) is 1. The second-order valence-corrected chi connectivity index (χ2v) is 10.0. The summed E-state index contributed by atoms with van der Waals surface area (Å²) in [5.74, 6) is -0.275. The molecule has 1 heterocycles. The zero-order valence-corrected chi connectivity index (χ0v) is 23.1. The molecule has 0 aliphatic rings. The lowest BCUT2D eigenvalue weighted by molar-refractivity contribution is -0.109. The first kappa shape index (κ1) is 27.8. The summed E-state index contributed by atoms with van der Waals surface area (Å²) in [5, 5.41) is 7.84. The van der Waals surface area contributed by atoms with Crippen molar-refractivity contribution in [2.75, 3.05) is 18.5 Å². The van der Waals surface area contributed by atoms with E-state index in [4.69, 9.17) is 5.10 Å². The molecule has 0 saturated heterocycles. The van der Waals surface area contributed by atoms with E-state index in [9.17, 15) is 14.0 Å². The first-order valence-electron chi connectivity index (χ1n) is 13.2. The minimum Gasteiger partial charge on any atom is -0.360 e. The quantitative estimate of drug-likeness (QED) is 0.256. The van der Waals surface area contributed by atoms with Crippen LogP contribution in [0.1, 0.15) is 65.3 Å². The van der Waals surface area contributed by atoms with E-state index in [0.29, 0.717) is 23.4 Å². The number of amides is 1. The molecule has 2 atom stereocenters. The number of aryl methyl sites for hydroxylation is 1. The molecule has 0 aliphatic heterocycles. The van der Waals surface area contributed by atoms with Crippen LogP contribution in [0.4, 0.5) is 10.2 Å². The van der Waals surface area contributed by atoms with Gasteiger partial charge in [0.25, 0.3) is 5.91 Å². The van der Waals surface area contributed by atoms with Crippen molar-refractivity contribution in [2.24, 2.45) is 0 Å². The largest absolute Gasteiger partial charge is 0.360 e. The van der Waals surface area contributed by atoms with E-state index >= 15 is 0 Å². The Bertz CT molecular complexity index is 1430. The van der Waals surface area contributed by atoms with Gasteiger partial charge in [-0.1, -0.05) is 56.3 Å². The van der Waals surface area contributed by atoms with Crippen molar-refractivity contribution in [3.8, 4) is 5.69 Å². The van der Waals surface area contributed by atoms with Crippen LogP contribution in [-0.4, -0.2) is 41.6 Å². The Morgan fingerprint density at radius 1 is 1.03 bits per heavy atom. The molecule has 0 bridgehead atoms. The third-order valence-electron chi connectivity index (χ3n) is 7.08. The molecular weight excluding hydrogens is 491 g/mol. The average Bonchev–Trinajstić information content (AvgIpc) is 3.30. The second kappa shape index (κ2) is 12.1. The molecule has 2 unspecified atom stereocenters. The van der Waals surface area contributed by atoms with Crippen LogP contribution in [0.3, 0.4) is 0 Å². The molecule has 202 valence electrons. The number of halogens is 1. The van der Waals surface area contributed by atoms with Crippen LogP contribution in [0.2, 0.25) is 0 Å². The highest BCUT2D eigenvalue weighted by Crippen LogP contribution is 2.38. The number of rotatable bonds is 10. The van der Waals surface area contributed by atoms with Crippen molar-refractivity contribution in [1.82, 2.24) is 15.1 Å². The molecule has 7 heteroatoms. The van der Waals surface area contributed by atoms with Gasteiger partial charge in [0.2, 0.25) is 0 Å². The fourth-order valence-electron chi connectivity index (χ4n) is 4.85. The molecule has 6 nitrogen and oxygen atoms in total. The molecule has 4 aromatic rings. The smallest absolute Gasteiger partial charge is 0.251 e. The standard InChI is InChI=1S/C32H35FN4O2/c1-6-36(5)32-29(22(4)35-37(32)27-13-8-7-9-14-27)30(23-15-17-26(33)18-16-23)28(20-38)34-31(39)25-12-10-11-24(19-25)21(2)3/h7-21,28,30H,6H2,1-5H3,(H,34,39). The van der Waals surface area contributed by atoms with E-state index in [0.717, 1.165) is 28.9 Å². The number of carbonyl (C=O) groups is 2. The average molecular weight is 527 g/mol. The molecule has 39 heavy (non-hydrogen) atoms. The Labute approximate surface area is 229 Å². The predicted octanol–water partition coefficient (Wildman–Crippen LogP) is 6.03. The van der Waals surface area contributed by atoms with Crippen molar-refractivity contribution in [1.29, 1.82) is 0 Å². The van der Waals surface area contributed by atoms with Gasteiger partial charge in [0.15, 0.2) is 0 Å². The normalized spacial score (nSPS) is 12.7. The fraction of sp³-hybridized carbons (Fsp3) is 0.281. The summed E-state index contributed by atoms with van der Waals surface area (Å²) in [6.45, 7) is 8.74. The Morgan fingerprint density at radius 2 is 1.72 bits per heavy atom. The topological polar surface area (TPSA) is 67.2 Å². The number of aromatic nitrogens is 2. The van der Waals surface area contributed by atoms with Gasteiger partial charge < -0.3 is 15.0 Å². The van der Waals surface area contributed by atoms with E-state index in [1.807, 2.05) is 74.1 Å². The highest BCUT2D eigenvalue weighted by Gasteiger charge is 2.34. The van der Waals surface area contributed by atoms with Crippen molar-refractivity contribution >= 4 is 18.0 Å². The van der Waals surface area contributed by atoms with E-state index in [1.165, 1.54) is 12.1 Å². The molecule has 0 fully saturated rings. The summed E-state index contributed by atoms with van der Waals surface area (Å²) >= 11 is 0. The summed E-state index contributed by atoms with van der Waals surface area (Å²) in [6.07, 6.45) is 0.757. The molecule has 0 radical (unpaired) electrons. The molecule has 3 aromatic carbocycles. The van der Waals surface area contributed by atoms with E-state index in [1.54, 1.807) is 18.2 Å². The Morgan fingerprint density at radius 3 is 2.33 bits per heavy atom. The summed E-state index contributed by atoms with van der Waals surface area (Å²) < 4.78 is 15.8. The molecule has 1 amide bonds. The van der Waals surface area contributed by atoms with Crippen LogP contribution >= 0.6 is 0 Å². The van der Waals surface area contributed by atoms with E-state index in [2.05, 4.69) is 24.1 Å². The van der Waals surface area contributed by atoms with Gasteiger partial charge in [0, 0.05) is 30.6 Å². The SMILES string of the molecule is CCN(C)c1c(C(c2ccc(F)cc2)C(C=O)NC(=O)c2cccc(C(C)C)c2)c(C)nn1-c1ccccc1. The zero-order chi connectivity index (χ0) is 28.1. The maximum atomic E-state index is 14.0. The van der Waals surface area contributed by atoms with Gasteiger partial charge in [-0.3, -0.25) is 4.79 Å². The number of nitrogens with zero attached hydrogens (tertiary/aromatic N) is 3. The van der Waals surface area contributed by atoms with Crippen molar-refractivity contribution in [3.05, 3.63) is 113 Å². The minimum absolute atomic E-state index is 0.255. The number of carbonyl (C=O) groups excluding carboxylic acids is 2. The van der Waals surface area contributed by atoms with Gasteiger partial charge in [-0.05, 0) is 67.3 Å².